The molecule has 1 fully saturated rings. The van der Waals surface area contributed by atoms with E-state index < -0.39 is 0 Å². The van der Waals surface area contributed by atoms with Gasteiger partial charge in [0.2, 0.25) is 0 Å². The van der Waals surface area contributed by atoms with E-state index >= 15 is 0 Å². The second-order valence-corrected chi connectivity index (χ2v) is 4.48. The summed E-state index contributed by atoms with van der Waals surface area (Å²) >= 11 is 0. The number of hydrogen-bond acceptors (Lipinski definition) is 2. The minimum absolute atomic E-state index is 0.265. The lowest BCUT2D eigenvalue weighted by Gasteiger charge is -2.10. The lowest BCUT2D eigenvalue weighted by Crippen LogP contribution is -2.07. The van der Waals surface area contributed by atoms with E-state index in [-0.39, 0.29) is 6.04 Å². The second kappa shape index (κ2) is 3.74. The highest BCUT2D eigenvalue weighted by Crippen LogP contribution is 2.38. The van der Waals surface area contributed by atoms with E-state index in [0.717, 1.165) is 5.69 Å². The average molecular weight is 213 g/mol. The smallest absolute Gasteiger partial charge is 0.0858 e. The molecule has 3 rings (SSSR count). The van der Waals surface area contributed by atoms with Crippen molar-refractivity contribution in [3.05, 3.63) is 47.8 Å². The third-order valence-electron chi connectivity index (χ3n) is 3.20. The number of nitrogens with zero attached hydrogens (tertiary/aromatic N) is 3. The minimum Gasteiger partial charge on any atom is -0.245 e. The SMILES string of the molecule is CC(c1ccccc1)n1cc(C2CC2)nn1. The van der Waals surface area contributed by atoms with Crippen molar-refractivity contribution < 1.29 is 0 Å². The monoisotopic (exact) mass is 213 g/mol. The zero-order chi connectivity index (χ0) is 11.0. The van der Waals surface area contributed by atoms with Gasteiger partial charge in [0.15, 0.2) is 0 Å². The van der Waals surface area contributed by atoms with Gasteiger partial charge in [-0.15, -0.1) is 5.10 Å². The molecule has 82 valence electrons. The van der Waals surface area contributed by atoms with Crippen LogP contribution in [0.3, 0.4) is 0 Å². The molecule has 1 heterocycles. The maximum absolute atomic E-state index is 4.24. The Morgan fingerprint density at radius 1 is 1.25 bits per heavy atom. The Labute approximate surface area is 95.1 Å². The summed E-state index contributed by atoms with van der Waals surface area (Å²) in [5.74, 6) is 0.678. The molecule has 0 saturated heterocycles. The van der Waals surface area contributed by atoms with Crippen LogP contribution < -0.4 is 0 Å². The fourth-order valence-electron chi connectivity index (χ4n) is 1.93. The van der Waals surface area contributed by atoms with E-state index in [1.807, 2.05) is 10.7 Å². The molecular formula is C13H15N3. The Morgan fingerprint density at radius 2 is 2.00 bits per heavy atom. The van der Waals surface area contributed by atoms with Crippen molar-refractivity contribution in [2.45, 2.75) is 31.7 Å². The summed E-state index contributed by atoms with van der Waals surface area (Å²) in [4.78, 5) is 0. The fraction of sp³-hybridized carbons (Fsp3) is 0.385. The molecule has 0 spiro atoms. The van der Waals surface area contributed by atoms with E-state index in [1.54, 1.807) is 0 Å². The van der Waals surface area contributed by atoms with Gasteiger partial charge in [0.25, 0.3) is 0 Å². The van der Waals surface area contributed by atoms with Crippen LogP contribution >= 0.6 is 0 Å². The summed E-state index contributed by atoms with van der Waals surface area (Å²) < 4.78 is 1.96. The highest BCUT2D eigenvalue weighted by atomic mass is 15.4. The summed E-state index contributed by atoms with van der Waals surface area (Å²) in [5, 5.41) is 8.46. The van der Waals surface area contributed by atoms with E-state index in [2.05, 4.69) is 47.7 Å². The molecule has 0 radical (unpaired) electrons. The molecule has 3 heteroatoms. The Morgan fingerprint density at radius 3 is 2.69 bits per heavy atom. The average Bonchev–Trinajstić information content (AvgIpc) is 3.08. The number of aromatic nitrogens is 3. The fourth-order valence-corrected chi connectivity index (χ4v) is 1.93. The van der Waals surface area contributed by atoms with Crippen molar-refractivity contribution in [3.63, 3.8) is 0 Å². The van der Waals surface area contributed by atoms with Crippen molar-refractivity contribution in [2.75, 3.05) is 0 Å². The zero-order valence-corrected chi connectivity index (χ0v) is 9.37. The molecule has 16 heavy (non-hydrogen) atoms. The number of rotatable bonds is 3. The summed E-state index contributed by atoms with van der Waals surface area (Å²) in [6.45, 7) is 2.15. The number of hydrogen-bond donors (Lipinski definition) is 0. The molecule has 1 atom stereocenters. The first-order valence-electron chi connectivity index (χ1n) is 5.81. The van der Waals surface area contributed by atoms with Gasteiger partial charge >= 0.3 is 0 Å². The maximum atomic E-state index is 4.24. The van der Waals surface area contributed by atoms with Crippen LogP contribution in [0.4, 0.5) is 0 Å². The molecule has 0 bridgehead atoms. The number of benzene rings is 1. The van der Waals surface area contributed by atoms with Crippen LogP contribution in [0.5, 0.6) is 0 Å². The lowest BCUT2D eigenvalue weighted by atomic mass is 10.1. The van der Waals surface area contributed by atoms with Crippen molar-refractivity contribution >= 4 is 0 Å². The van der Waals surface area contributed by atoms with Crippen LogP contribution in [0.25, 0.3) is 0 Å². The van der Waals surface area contributed by atoms with Crippen LogP contribution in [0.15, 0.2) is 36.5 Å². The Bertz CT molecular complexity index is 471. The zero-order valence-electron chi connectivity index (χ0n) is 9.37. The lowest BCUT2D eigenvalue weighted by molar-refractivity contribution is 0.543. The van der Waals surface area contributed by atoms with Gasteiger partial charge in [0, 0.05) is 12.1 Å². The molecule has 3 nitrogen and oxygen atoms in total. The summed E-state index contributed by atoms with van der Waals surface area (Å²) in [6.07, 6.45) is 4.64. The topological polar surface area (TPSA) is 30.7 Å². The summed E-state index contributed by atoms with van der Waals surface area (Å²) in [6, 6.07) is 10.7. The summed E-state index contributed by atoms with van der Waals surface area (Å²) in [7, 11) is 0. The van der Waals surface area contributed by atoms with Crippen LogP contribution in [0.1, 0.15) is 43.0 Å². The van der Waals surface area contributed by atoms with Gasteiger partial charge in [-0.3, -0.25) is 0 Å². The van der Waals surface area contributed by atoms with Crippen molar-refractivity contribution in [3.8, 4) is 0 Å². The van der Waals surface area contributed by atoms with Gasteiger partial charge in [0.1, 0.15) is 0 Å². The Hall–Kier alpha value is -1.64. The van der Waals surface area contributed by atoms with Crippen LogP contribution in [-0.4, -0.2) is 15.0 Å². The van der Waals surface area contributed by atoms with Gasteiger partial charge in [0.05, 0.1) is 11.7 Å². The highest BCUT2D eigenvalue weighted by molar-refractivity contribution is 5.19. The first-order chi connectivity index (χ1) is 7.84. The molecule has 1 aromatic heterocycles. The van der Waals surface area contributed by atoms with Crippen molar-refractivity contribution in [1.29, 1.82) is 0 Å². The van der Waals surface area contributed by atoms with E-state index in [4.69, 9.17) is 0 Å². The molecule has 0 aliphatic heterocycles. The normalized spacial score (nSPS) is 17.3. The van der Waals surface area contributed by atoms with E-state index in [0.29, 0.717) is 5.92 Å². The molecular weight excluding hydrogens is 198 g/mol. The third-order valence-corrected chi connectivity index (χ3v) is 3.20. The third kappa shape index (κ3) is 1.73. The Balaban J connectivity index is 1.85. The molecule has 1 unspecified atom stereocenters. The molecule has 0 N–H and O–H groups in total. The van der Waals surface area contributed by atoms with Crippen LogP contribution in [-0.2, 0) is 0 Å². The molecule has 1 saturated carbocycles. The van der Waals surface area contributed by atoms with Gasteiger partial charge < -0.3 is 0 Å². The van der Waals surface area contributed by atoms with E-state index in [1.165, 1.54) is 18.4 Å². The molecule has 0 amide bonds. The first-order valence-corrected chi connectivity index (χ1v) is 5.81. The minimum atomic E-state index is 0.265. The van der Waals surface area contributed by atoms with Gasteiger partial charge in [-0.1, -0.05) is 35.5 Å². The second-order valence-electron chi connectivity index (χ2n) is 4.48. The van der Waals surface area contributed by atoms with Gasteiger partial charge in [-0.25, -0.2) is 4.68 Å². The quantitative estimate of drug-likeness (QED) is 0.785. The molecule has 1 aliphatic rings. The first kappa shape index (κ1) is 9.58. The predicted octanol–water partition coefficient (Wildman–Crippen LogP) is 2.76. The molecule has 2 aromatic rings. The Kier molecular flexibility index (Phi) is 2.24. The standard InChI is InChI=1S/C13H15N3/c1-10(11-5-3-2-4-6-11)16-9-13(14-15-16)12-7-8-12/h2-6,9-10,12H,7-8H2,1H3. The summed E-state index contributed by atoms with van der Waals surface area (Å²) in [5.41, 5.74) is 2.43. The molecule has 1 aromatic carbocycles. The van der Waals surface area contributed by atoms with E-state index in [9.17, 15) is 0 Å². The van der Waals surface area contributed by atoms with Gasteiger partial charge in [-0.2, -0.15) is 0 Å². The van der Waals surface area contributed by atoms with Crippen LogP contribution in [0.2, 0.25) is 0 Å². The highest BCUT2D eigenvalue weighted by Gasteiger charge is 2.27. The molecule has 1 aliphatic carbocycles. The maximum Gasteiger partial charge on any atom is 0.0858 e. The largest absolute Gasteiger partial charge is 0.245 e. The predicted molar refractivity (Wildman–Crippen MR) is 62.3 cm³/mol. The van der Waals surface area contributed by atoms with Crippen LogP contribution in [0, 0.1) is 0 Å². The van der Waals surface area contributed by atoms with Gasteiger partial charge in [-0.05, 0) is 25.3 Å². The van der Waals surface area contributed by atoms with Crippen molar-refractivity contribution in [1.82, 2.24) is 15.0 Å². The van der Waals surface area contributed by atoms with Crippen molar-refractivity contribution in [2.24, 2.45) is 0 Å².